The number of nitro groups is 1. The quantitative estimate of drug-likeness (QED) is 0.517. The number of halogens is 1. The van der Waals surface area contributed by atoms with Crippen molar-refractivity contribution in [1.29, 1.82) is 0 Å². The Balaban J connectivity index is 2.12. The van der Waals surface area contributed by atoms with Crippen LogP contribution in [-0.4, -0.2) is 11.0 Å². The molecule has 1 aromatic rings. The Labute approximate surface area is 74.3 Å². The van der Waals surface area contributed by atoms with E-state index in [0.717, 1.165) is 5.56 Å². The molecule has 0 aliphatic heterocycles. The maximum atomic E-state index is 12.5. The van der Waals surface area contributed by atoms with Crippen LogP contribution in [-0.2, 0) is 0 Å². The highest BCUT2D eigenvalue weighted by molar-refractivity contribution is 5.26. The van der Waals surface area contributed by atoms with Crippen LogP contribution in [0.2, 0.25) is 0 Å². The molecule has 2 unspecified atom stereocenters. The smallest absolute Gasteiger partial charge is 0.221 e. The van der Waals surface area contributed by atoms with Gasteiger partial charge in [0.25, 0.3) is 0 Å². The summed E-state index contributed by atoms with van der Waals surface area (Å²) in [6.45, 7) is 0. The first-order valence-corrected chi connectivity index (χ1v) is 4.07. The first-order valence-electron chi connectivity index (χ1n) is 4.07. The van der Waals surface area contributed by atoms with Crippen LogP contribution in [0, 0.1) is 15.9 Å². The van der Waals surface area contributed by atoms with E-state index in [1.807, 2.05) is 0 Å². The lowest BCUT2D eigenvalue weighted by atomic mass is 10.1. The van der Waals surface area contributed by atoms with Gasteiger partial charge in [0.2, 0.25) is 6.04 Å². The van der Waals surface area contributed by atoms with Crippen molar-refractivity contribution in [3.63, 3.8) is 0 Å². The molecule has 0 heterocycles. The van der Waals surface area contributed by atoms with Gasteiger partial charge in [-0.3, -0.25) is 10.1 Å². The highest BCUT2D eigenvalue weighted by atomic mass is 19.1. The zero-order chi connectivity index (χ0) is 9.42. The lowest BCUT2D eigenvalue weighted by Crippen LogP contribution is -2.02. The second-order valence-electron chi connectivity index (χ2n) is 3.25. The van der Waals surface area contributed by atoms with Gasteiger partial charge < -0.3 is 0 Å². The van der Waals surface area contributed by atoms with Gasteiger partial charge in [-0.05, 0) is 17.7 Å². The van der Waals surface area contributed by atoms with E-state index >= 15 is 0 Å². The molecule has 1 aliphatic rings. The molecule has 0 amide bonds. The highest BCUT2D eigenvalue weighted by Gasteiger charge is 2.48. The molecule has 0 spiro atoms. The average molecular weight is 181 g/mol. The van der Waals surface area contributed by atoms with E-state index in [-0.39, 0.29) is 16.7 Å². The topological polar surface area (TPSA) is 43.1 Å². The molecule has 1 aromatic carbocycles. The minimum atomic E-state index is -0.453. The van der Waals surface area contributed by atoms with Gasteiger partial charge in [-0.25, -0.2) is 4.39 Å². The maximum absolute atomic E-state index is 12.5. The molecular weight excluding hydrogens is 173 g/mol. The van der Waals surface area contributed by atoms with E-state index in [1.165, 1.54) is 12.1 Å². The molecule has 4 heteroatoms. The second-order valence-corrected chi connectivity index (χ2v) is 3.25. The Hall–Kier alpha value is -1.45. The third-order valence-corrected chi connectivity index (χ3v) is 2.33. The van der Waals surface area contributed by atoms with Crippen LogP contribution < -0.4 is 0 Å². The number of rotatable bonds is 2. The number of benzene rings is 1. The number of hydrogen-bond donors (Lipinski definition) is 0. The molecule has 1 saturated carbocycles. The molecule has 0 radical (unpaired) electrons. The maximum Gasteiger partial charge on any atom is 0.221 e. The Kier molecular flexibility index (Phi) is 1.76. The Bertz CT molecular complexity index is 336. The first kappa shape index (κ1) is 8.16. The molecule has 0 aromatic heterocycles. The summed E-state index contributed by atoms with van der Waals surface area (Å²) >= 11 is 0. The van der Waals surface area contributed by atoms with Gasteiger partial charge in [-0.1, -0.05) is 12.1 Å². The summed E-state index contributed by atoms with van der Waals surface area (Å²) in [7, 11) is 0. The van der Waals surface area contributed by atoms with Gasteiger partial charge in [0, 0.05) is 11.3 Å². The lowest BCUT2D eigenvalue weighted by molar-refractivity contribution is -0.496. The third-order valence-electron chi connectivity index (χ3n) is 2.33. The summed E-state index contributed by atoms with van der Waals surface area (Å²) in [5.41, 5.74) is 0.864. The molecule has 1 aliphatic carbocycles. The van der Waals surface area contributed by atoms with Gasteiger partial charge in [0.05, 0.1) is 5.92 Å². The third kappa shape index (κ3) is 1.52. The predicted octanol–water partition coefficient (Wildman–Crippen LogP) is 1.96. The van der Waals surface area contributed by atoms with Crippen molar-refractivity contribution in [2.24, 2.45) is 0 Å². The van der Waals surface area contributed by atoms with Crippen molar-refractivity contribution < 1.29 is 9.31 Å². The van der Waals surface area contributed by atoms with Crippen LogP contribution in [0.4, 0.5) is 4.39 Å². The molecule has 2 atom stereocenters. The highest BCUT2D eigenvalue weighted by Crippen LogP contribution is 2.42. The Morgan fingerprint density at radius 1 is 1.38 bits per heavy atom. The molecule has 0 saturated heterocycles. The van der Waals surface area contributed by atoms with Gasteiger partial charge in [-0.2, -0.15) is 0 Å². The summed E-state index contributed by atoms with van der Waals surface area (Å²) in [6, 6.07) is 5.45. The molecular formula is C9H8FNO2. The van der Waals surface area contributed by atoms with Gasteiger partial charge in [-0.15, -0.1) is 0 Å². The molecule has 1 fully saturated rings. The van der Waals surface area contributed by atoms with E-state index in [2.05, 4.69) is 0 Å². The molecule has 2 rings (SSSR count). The van der Waals surface area contributed by atoms with Crippen LogP contribution in [0.5, 0.6) is 0 Å². The van der Waals surface area contributed by atoms with Crippen LogP contribution in [0.15, 0.2) is 24.3 Å². The first-order chi connectivity index (χ1) is 6.18. The van der Waals surface area contributed by atoms with Crippen LogP contribution >= 0.6 is 0 Å². The van der Waals surface area contributed by atoms with Crippen molar-refractivity contribution >= 4 is 0 Å². The van der Waals surface area contributed by atoms with Crippen LogP contribution in [0.1, 0.15) is 17.9 Å². The zero-order valence-corrected chi connectivity index (χ0v) is 6.81. The minimum absolute atomic E-state index is 0.00407. The van der Waals surface area contributed by atoms with E-state index in [4.69, 9.17) is 0 Å². The fourth-order valence-electron chi connectivity index (χ4n) is 1.48. The zero-order valence-electron chi connectivity index (χ0n) is 6.81. The summed E-state index contributed by atoms with van der Waals surface area (Å²) in [5, 5.41) is 10.3. The number of nitrogens with zero attached hydrogens (tertiary/aromatic N) is 1. The van der Waals surface area contributed by atoms with Crippen molar-refractivity contribution in [1.82, 2.24) is 0 Å². The molecule has 3 nitrogen and oxygen atoms in total. The lowest BCUT2D eigenvalue weighted by Gasteiger charge is -1.95. The van der Waals surface area contributed by atoms with E-state index in [9.17, 15) is 14.5 Å². The summed E-state index contributed by atoms with van der Waals surface area (Å²) in [5.74, 6) is -0.308. The largest absolute Gasteiger partial charge is 0.264 e. The monoisotopic (exact) mass is 181 g/mol. The normalized spacial score (nSPS) is 25.6. The van der Waals surface area contributed by atoms with Crippen molar-refractivity contribution in [3.8, 4) is 0 Å². The standard InChI is InChI=1S/C9H8FNO2/c10-7-3-1-6(2-4-7)8-5-9(8)11(12)13/h1-4,8-9H,5H2. The van der Waals surface area contributed by atoms with Crippen LogP contribution in [0.25, 0.3) is 0 Å². The fourth-order valence-corrected chi connectivity index (χ4v) is 1.48. The van der Waals surface area contributed by atoms with Gasteiger partial charge in [0.15, 0.2) is 0 Å². The molecule has 13 heavy (non-hydrogen) atoms. The van der Waals surface area contributed by atoms with Crippen LogP contribution in [0.3, 0.4) is 0 Å². The predicted molar refractivity (Wildman–Crippen MR) is 44.5 cm³/mol. The molecule has 0 N–H and O–H groups in total. The van der Waals surface area contributed by atoms with Crippen molar-refractivity contribution in [2.75, 3.05) is 0 Å². The second kappa shape index (κ2) is 2.80. The number of hydrogen-bond acceptors (Lipinski definition) is 2. The van der Waals surface area contributed by atoms with E-state index < -0.39 is 6.04 Å². The SMILES string of the molecule is O=[N+]([O-])C1CC1c1ccc(F)cc1. The Morgan fingerprint density at radius 3 is 2.46 bits per heavy atom. The molecule has 0 bridgehead atoms. The fraction of sp³-hybridized carbons (Fsp3) is 0.333. The Morgan fingerprint density at radius 2 is 2.00 bits per heavy atom. The van der Waals surface area contributed by atoms with Gasteiger partial charge >= 0.3 is 0 Å². The average Bonchev–Trinajstić information content (AvgIpc) is 2.85. The van der Waals surface area contributed by atoms with E-state index in [1.54, 1.807) is 12.1 Å². The summed E-state index contributed by atoms with van der Waals surface area (Å²) < 4.78 is 12.5. The van der Waals surface area contributed by atoms with Crippen molar-refractivity contribution in [2.45, 2.75) is 18.4 Å². The summed E-state index contributed by atoms with van der Waals surface area (Å²) in [4.78, 5) is 10.1. The van der Waals surface area contributed by atoms with Gasteiger partial charge in [0.1, 0.15) is 5.82 Å². The van der Waals surface area contributed by atoms with Crippen molar-refractivity contribution in [3.05, 3.63) is 45.8 Å². The molecule has 68 valence electrons. The minimum Gasteiger partial charge on any atom is -0.264 e. The van der Waals surface area contributed by atoms with E-state index in [0.29, 0.717) is 6.42 Å². The summed E-state index contributed by atoms with van der Waals surface area (Å²) in [6.07, 6.45) is 0.582.